The van der Waals surface area contributed by atoms with Crippen molar-refractivity contribution in [2.75, 3.05) is 24.2 Å². The molecule has 0 amide bonds. The first-order chi connectivity index (χ1) is 7.79. The van der Waals surface area contributed by atoms with Crippen LogP contribution in [0.5, 0.6) is 0 Å². The number of aromatic nitrogens is 1. The molecule has 0 spiro atoms. The molecule has 4 heteroatoms. The molecule has 1 aromatic heterocycles. The molecule has 0 bridgehead atoms. The number of anilines is 2. The van der Waals surface area contributed by atoms with E-state index >= 15 is 0 Å². The Morgan fingerprint density at radius 3 is 2.88 bits per heavy atom. The Morgan fingerprint density at radius 1 is 1.38 bits per heavy atom. The minimum atomic E-state index is 0.312. The van der Waals surface area contributed by atoms with Crippen molar-refractivity contribution in [2.45, 2.75) is 19.3 Å². The highest BCUT2D eigenvalue weighted by Gasteiger charge is 2.25. The fraction of sp³-hybridized carbons (Fsp3) is 0.583. The molecular formula is C12H19N3O. The van der Waals surface area contributed by atoms with Crippen LogP contribution in [0.15, 0.2) is 18.3 Å². The van der Waals surface area contributed by atoms with Crippen LogP contribution in [0.2, 0.25) is 0 Å². The van der Waals surface area contributed by atoms with Crippen molar-refractivity contribution in [2.24, 2.45) is 11.8 Å². The average molecular weight is 221 g/mol. The molecule has 4 nitrogen and oxygen atoms in total. The number of hydrogen-bond donors (Lipinski definition) is 3. The maximum Gasteiger partial charge on any atom is 0.123 e. The van der Waals surface area contributed by atoms with E-state index in [2.05, 4.69) is 10.3 Å². The van der Waals surface area contributed by atoms with Gasteiger partial charge in [0.25, 0.3) is 0 Å². The van der Waals surface area contributed by atoms with Gasteiger partial charge in [0.2, 0.25) is 0 Å². The Balaban J connectivity index is 1.85. The number of pyridine rings is 1. The second-order valence-corrected chi connectivity index (χ2v) is 4.49. The Morgan fingerprint density at radius 2 is 2.19 bits per heavy atom. The van der Waals surface area contributed by atoms with Crippen LogP contribution in [0.1, 0.15) is 19.3 Å². The third-order valence-electron chi connectivity index (χ3n) is 3.41. The topological polar surface area (TPSA) is 71.2 Å². The van der Waals surface area contributed by atoms with E-state index in [1.54, 1.807) is 12.3 Å². The number of aliphatic hydroxyl groups is 1. The Kier molecular flexibility index (Phi) is 3.62. The van der Waals surface area contributed by atoms with Crippen LogP contribution in [0.4, 0.5) is 11.5 Å². The van der Waals surface area contributed by atoms with Crippen LogP contribution < -0.4 is 11.1 Å². The first-order valence-electron chi connectivity index (χ1n) is 5.86. The average Bonchev–Trinajstić information content (AvgIpc) is 2.76. The normalized spacial score (nSPS) is 24.6. The van der Waals surface area contributed by atoms with E-state index in [4.69, 9.17) is 5.73 Å². The lowest BCUT2D eigenvalue weighted by Gasteiger charge is -2.18. The van der Waals surface area contributed by atoms with Crippen LogP contribution in [-0.2, 0) is 0 Å². The SMILES string of the molecule is Nc1ccc(NCC2CCCC2CO)cn1. The first-order valence-corrected chi connectivity index (χ1v) is 5.86. The number of aliphatic hydroxyl groups excluding tert-OH is 1. The minimum absolute atomic E-state index is 0.312. The molecule has 1 saturated carbocycles. The van der Waals surface area contributed by atoms with Gasteiger partial charge < -0.3 is 16.2 Å². The molecule has 0 aliphatic heterocycles. The quantitative estimate of drug-likeness (QED) is 0.720. The highest BCUT2D eigenvalue weighted by atomic mass is 16.3. The van der Waals surface area contributed by atoms with Gasteiger partial charge in [-0.3, -0.25) is 0 Å². The predicted octanol–water partition coefficient (Wildman–Crippen LogP) is 1.48. The monoisotopic (exact) mass is 221 g/mol. The third kappa shape index (κ3) is 2.64. The second kappa shape index (κ2) is 5.16. The van der Waals surface area contributed by atoms with E-state index in [1.807, 2.05) is 6.07 Å². The second-order valence-electron chi connectivity index (χ2n) is 4.49. The molecular weight excluding hydrogens is 202 g/mol. The maximum atomic E-state index is 9.21. The number of nitrogens with one attached hydrogen (secondary N) is 1. The molecule has 1 aliphatic rings. The van der Waals surface area contributed by atoms with E-state index < -0.39 is 0 Å². The molecule has 16 heavy (non-hydrogen) atoms. The van der Waals surface area contributed by atoms with Crippen LogP contribution in [0.3, 0.4) is 0 Å². The molecule has 1 fully saturated rings. The van der Waals surface area contributed by atoms with Gasteiger partial charge in [-0.2, -0.15) is 0 Å². The fourth-order valence-electron chi connectivity index (χ4n) is 2.38. The molecule has 4 N–H and O–H groups in total. The summed E-state index contributed by atoms with van der Waals surface area (Å²) in [5.74, 6) is 1.59. The van der Waals surface area contributed by atoms with E-state index in [0.717, 1.165) is 18.7 Å². The number of nitrogens with zero attached hydrogens (tertiary/aromatic N) is 1. The lowest BCUT2D eigenvalue weighted by molar-refractivity contribution is 0.199. The summed E-state index contributed by atoms with van der Waals surface area (Å²) in [6.45, 7) is 1.23. The van der Waals surface area contributed by atoms with Crippen molar-refractivity contribution < 1.29 is 5.11 Å². The Bertz CT molecular complexity index is 326. The minimum Gasteiger partial charge on any atom is -0.396 e. The molecule has 0 saturated heterocycles. The van der Waals surface area contributed by atoms with E-state index in [1.165, 1.54) is 12.8 Å². The highest BCUT2D eigenvalue weighted by Crippen LogP contribution is 2.31. The predicted molar refractivity (Wildman–Crippen MR) is 65.1 cm³/mol. The number of hydrogen-bond acceptors (Lipinski definition) is 4. The van der Waals surface area contributed by atoms with Crippen LogP contribution in [0.25, 0.3) is 0 Å². The van der Waals surface area contributed by atoms with Crippen molar-refractivity contribution in [3.05, 3.63) is 18.3 Å². The smallest absolute Gasteiger partial charge is 0.123 e. The van der Waals surface area contributed by atoms with Crippen molar-refractivity contribution in [3.63, 3.8) is 0 Å². The molecule has 2 unspecified atom stereocenters. The van der Waals surface area contributed by atoms with Crippen molar-refractivity contribution in [1.29, 1.82) is 0 Å². The zero-order valence-corrected chi connectivity index (χ0v) is 9.39. The summed E-state index contributed by atoms with van der Waals surface area (Å²) in [6, 6.07) is 3.73. The summed E-state index contributed by atoms with van der Waals surface area (Å²) >= 11 is 0. The Hall–Kier alpha value is -1.29. The lowest BCUT2D eigenvalue weighted by atomic mass is 9.97. The number of nitrogen functional groups attached to an aromatic ring is 1. The molecule has 2 rings (SSSR count). The van der Waals surface area contributed by atoms with Gasteiger partial charge in [-0.05, 0) is 36.8 Å². The van der Waals surface area contributed by atoms with Gasteiger partial charge >= 0.3 is 0 Å². The highest BCUT2D eigenvalue weighted by molar-refractivity contribution is 5.45. The van der Waals surface area contributed by atoms with Gasteiger partial charge in [0.15, 0.2) is 0 Å². The van der Waals surface area contributed by atoms with Crippen LogP contribution in [0, 0.1) is 11.8 Å². The van der Waals surface area contributed by atoms with E-state index in [0.29, 0.717) is 24.3 Å². The molecule has 1 heterocycles. The summed E-state index contributed by atoms with van der Waals surface area (Å²) in [6.07, 6.45) is 5.35. The molecule has 0 radical (unpaired) electrons. The maximum absolute atomic E-state index is 9.21. The molecule has 1 aliphatic carbocycles. The molecule has 88 valence electrons. The van der Waals surface area contributed by atoms with Gasteiger partial charge in [-0.1, -0.05) is 6.42 Å². The van der Waals surface area contributed by atoms with Crippen molar-refractivity contribution in [1.82, 2.24) is 4.98 Å². The van der Waals surface area contributed by atoms with Gasteiger partial charge in [-0.15, -0.1) is 0 Å². The zero-order chi connectivity index (χ0) is 11.4. The van der Waals surface area contributed by atoms with Crippen molar-refractivity contribution in [3.8, 4) is 0 Å². The largest absolute Gasteiger partial charge is 0.396 e. The van der Waals surface area contributed by atoms with Crippen molar-refractivity contribution >= 4 is 11.5 Å². The fourth-order valence-corrected chi connectivity index (χ4v) is 2.38. The number of nitrogens with two attached hydrogens (primary N) is 1. The summed E-state index contributed by atoms with van der Waals surface area (Å²) in [7, 11) is 0. The number of rotatable bonds is 4. The van der Waals surface area contributed by atoms with Gasteiger partial charge in [-0.25, -0.2) is 4.98 Å². The molecule has 0 aromatic carbocycles. The zero-order valence-electron chi connectivity index (χ0n) is 9.39. The molecule has 2 atom stereocenters. The van der Waals surface area contributed by atoms with Gasteiger partial charge in [0.1, 0.15) is 5.82 Å². The first kappa shape index (κ1) is 11.2. The summed E-state index contributed by atoms with van der Waals surface area (Å²) < 4.78 is 0. The standard InChI is InChI=1S/C12H19N3O/c13-12-5-4-11(7-15-12)14-6-9-2-1-3-10(9)8-16/h4-5,7,9-10,14,16H,1-3,6,8H2,(H2,13,15). The molecule has 1 aromatic rings. The van der Waals surface area contributed by atoms with Crippen LogP contribution >= 0.6 is 0 Å². The third-order valence-corrected chi connectivity index (χ3v) is 3.41. The Labute approximate surface area is 95.9 Å². The van der Waals surface area contributed by atoms with E-state index in [-0.39, 0.29) is 0 Å². The van der Waals surface area contributed by atoms with Gasteiger partial charge in [0.05, 0.1) is 11.9 Å². The lowest BCUT2D eigenvalue weighted by Crippen LogP contribution is -2.20. The summed E-state index contributed by atoms with van der Waals surface area (Å²) in [5, 5.41) is 12.6. The van der Waals surface area contributed by atoms with E-state index in [9.17, 15) is 5.11 Å². The summed E-state index contributed by atoms with van der Waals surface area (Å²) in [4.78, 5) is 4.03. The summed E-state index contributed by atoms with van der Waals surface area (Å²) in [5.41, 5.74) is 6.51. The van der Waals surface area contributed by atoms with Crippen LogP contribution in [-0.4, -0.2) is 23.2 Å². The van der Waals surface area contributed by atoms with Gasteiger partial charge in [0, 0.05) is 13.2 Å².